The van der Waals surface area contributed by atoms with Crippen molar-refractivity contribution in [3.8, 4) is 0 Å². The van der Waals surface area contributed by atoms with Crippen molar-refractivity contribution in [3.05, 3.63) is 35.4 Å². The molecule has 0 saturated carbocycles. The van der Waals surface area contributed by atoms with Gasteiger partial charge in [-0.1, -0.05) is 31.2 Å². The van der Waals surface area contributed by atoms with Gasteiger partial charge in [0, 0.05) is 5.82 Å². The van der Waals surface area contributed by atoms with Crippen molar-refractivity contribution in [2.75, 3.05) is 6.61 Å². The smallest absolute Gasteiger partial charge is 0.466 e. The highest BCUT2D eigenvalue weighted by atomic mass is 16.7. The van der Waals surface area contributed by atoms with Gasteiger partial charge in [-0.05, 0) is 52.2 Å². The largest absolute Gasteiger partial charge is 0.466 e. The summed E-state index contributed by atoms with van der Waals surface area (Å²) >= 11 is 0. The maximum Gasteiger partial charge on any atom is 0.466 e. The lowest BCUT2D eigenvalue weighted by Crippen LogP contribution is -2.41. The van der Waals surface area contributed by atoms with Crippen LogP contribution in [0.5, 0.6) is 0 Å². The number of aryl methyl sites for hydroxylation is 1. The molecule has 24 heavy (non-hydrogen) atoms. The molecule has 1 unspecified atom stereocenters. The van der Waals surface area contributed by atoms with E-state index < -0.39 is 18.3 Å². The average Bonchev–Trinajstić information content (AvgIpc) is 2.73. The van der Waals surface area contributed by atoms with E-state index in [0.29, 0.717) is 6.61 Å². The molecular formula is C19H29BO4. The fraction of sp³-hybridized carbons (Fsp3) is 0.632. The minimum Gasteiger partial charge on any atom is -0.466 e. The van der Waals surface area contributed by atoms with E-state index in [4.69, 9.17) is 14.0 Å². The summed E-state index contributed by atoms with van der Waals surface area (Å²) in [6.07, 6.45) is 1.20. The standard InChI is InChI=1S/C19H29BO4/c1-7-14-10-9-11-15(12-14)16(13-17(21)22-8-2)20-23-18(3,4)19(5,6)24-20/h9-12,16H,7-8,13H2,1-6H3. The predicted octanol–water partition coefficient (Wildman–Crippen LogP) is 3.92. The lowest BCUT2D eigenvalue weighted by atomic mass is 9.66. The highest BCUT2D eigenvalue weighted by Gasteiger charge is 2.54. The molecule has 0 amide bonds. The summed E-state index contributed by atoms with van der Waals surface area (Å²) in [6.45, 7) is 12.4. The fourth-order valence-corrected chi connectivity index (χ4v) is 2.87. The quantitative estimate of drug-likeness (QED) is 0.585. The zero-order chi connectivity index (χ0) is 18.0. The second-order valence-electron chi connectivity index (χ2n) is 7.34. The van der Waals surface area contributed by atoms with Crippen LogP contribution in [-0.4, -0.2) is 30.9 Å². The molecule has 1 aromatic rings. The van der Waals surface area contributed by atoms with Crippen LogP contribution in [0.1, 0.15) is 64.9 Å². The van der Waals surface area contributed by atoms with Gasteiger partial charge in [-0.2, -0.15) is 0 Å². The van der Waals surface area contributed by atoms with Gasteiger partial charge in [0.25, 0.3) is 0 Å². The molecule has 1 heterocycles. The van der Waals surface area contributed by atoms with Gasteiger partial charge in [-0.15, -0.1) is 0 Å². The second-order valence-corrected chi connectivity index (χ2v) is 7.34. The van der Waals surface area contributed by atoms with E-state index in [1.807, 2.05) is 46.8 Å². The zero-order valence-electron chi connectivity index (χ0n) is 15.7. The number of esters is 1. The SMILES string of the molecule is CCOC(=O)CC(B1OC(C)(C)C(C)(C)O1)c1cccc(CC)c1. The van der Waals surface area contributed by atoms with Crippen molar-refractivity contribution in [2.24, 2.45) is 0 Å². The third kappa shape index (κ3) is 4.01. The van der Waals surface area contributed by atoms with Crippen molar-refractivity contribution in [1.82, 2.24) is 0 Å². The second kappa shape index (κ2) is 7.28. The molecule has 1 saturated heterocycles. The molecule has 0 aliphatic carbocycles. The Morgan fingerprint density at radius 1 is 1.17 bits per heavy atom. The number of benzene rings is 1. The van der Waals surface area contributed by atoms with E-state index >= 15 is 0 Å². The molecular weight excluding hydrogens is 303 g/mol. The van der Waals surface area contributed by atoms with Crippen LogP contribution in [0.25, 0.3) is 0 Å². The molecule has 1 aromatic carbocycles. The Hall–Kier alpha value is -1.33. The molecule has 1 aliphatic rings. The lowest BCUT2D eigenvalue weighted by molar-refractivity contribution is -0.143. The molecule has 0 radical (unpaired) electrons. The maximum atomic E-state index is 12.1. The molecule has 0 aromatic heterocycles. The topological polar surface area (TPSA) is 44.8 Å². The molecule has 0 spiro atoms. The van der Waals surface area contributed by atoms with Crippen LogP contribution >= 0.6 is 0 Å². The van der Waals surface area contributed by atoms with E-state index in [1.165, 1.54) is 5.56 Å². The Labute approximate surface area is 146 Å². The molecule has 2 rings (SSSR count). The van der Waals surface area contributed by atoms with Gasteiger partial charge in [0.05, 0.1) is 24.2 Å². The predicted molar refractivity (Wildman–Crippen MR) is 95.9 cm³/mol. The first-order chi connectivity index (χ1) is 11.2. The van der Waals surface area contributed by atoms with Gasteiger partial charge in [-0.25, -0.2) is 0 Å². The molecule has 1 aliphatic heterocycles. The summed E-state index contributed by atoms with van der Waals surface area (Å²) < 4.78 is 17.6. The van der Waals surface area contributed by atoms with Crippen LogP contribution < -0.4 is 0 Å². The first-order valence-electron chi connectivity index (χ1n) is 8.80. The summed E-state index contributed by atoms with van der Waals surface area (Å²) in [4.78, 5) is 12.1. The molecule has 5 heteroatoms. The van der Waals surface area contributed by atoms with E-state index in [1.54, 1.807) is 0 Å². The number of carbonyl (C=O) groups is 1. The van der Waals surface area contributed by atoms with Crippen LogP contribution in [0.4, 0.5) is 0 Å². The Morgan fingerprint density at radius 2 is 1.79 bits per heavy atom. The molecule has 1 fully saturated rings. The highest BCUT2D eigenvalue weighted by Crippen LogP contribution is 2.41. The zero-order valence-corrected chi connectivity index (χ0v) is 15.7. The van der Waals surface area contributed by atoms with Gasteiger partial charge in [0.1, 0.15) is 0 Å². The Bertz CT molecular complexity index is 566. The summed E-state index contributed by atoms with van der Waals surface area (Å²) in [5, 5.41) is 0. The average molecular weight is 332 g/mol. The Morgan fingerprint density at radius 3 is 2.33 bits per heavy atom. The van der Waals surface area contributed by atoms with Crippen molar-refractivity contribution in [1.29, 1.82) is 0 Å². The van der Waals surface area contributed by atoms with Crippen molar-refractivity contribution < 1.29 is 18.8 Å². The molecule has 132 valence electrons. The number of ether oxygens (including phenoxy) is 1. The van der Waals surface area contributed by atoms with Crippen molar-refractivity contribution in [3.63, 3.8) is 0 Å². The van der Waals surface area contributed by atoms with E-state index in [-0.39, 0.29) is 18.2 Å². The first kappa shape index (κ1) is 19.0. The van der Waals surface area contributed by atoms with Crippen molar-refractivity contribution in [2.45, 2.75) is 71.4 Å². The fourth-order valence-electron chi connectivity index (χ4n) is 2.87. The third-order valence-corrected chi connectivity index (χ3v) is 5.08. The summed E-state index contributed by atoms with van der Waals surface area (Å²) in [5.74, 6) is -0.407. The van der Waals surface area contributed by atoms with Crippen LogP contribution in [-0.2, 0) is 25.3 Å². The number of hydrogen-bond donors (Lipinski definition) is 0. The summed E-state index contributed by atoms with van der Waals surface area (Å²) in [6, 6.07) is 8.29. The third-order valence-electron chi connectivity index (χ3n) is 5.08. The number of carbonyl (C=O) groups excluding carboxylic acids is 1. The summed E-state index contributed by atoms with van der Waals surface area (Å²) in [7, 11) is -0.466. The minimum atomic E-state index is -0.466. The van der Waals surface area contributed by atoms with E-state index in [0.717, 1.165) is 12.0 Å². The summed E-state index contributed by atoms with van der Waals surface area (Å²) in [5.41, 5.74) is 1.44. The van der Waals surface area contributed by atoms with Crippen LogP contribution in [0.2, 0.25) is 0 Å². The van der Waals surface area contributed by atoms with Gasteiger partial charge >= 0.3 is 13.1 Å². The molecule has 4 nitrogen and oxygen atoms in total. The molecule has 1 atom stereocenters. The molecule has 0 N–H and O–H groups in total. The first-order valence-corrected chi connectivity index (χ1v) is 8.80. The monoisotopic (exact) mass is 332 g/mol. The van der Waals surface area contributed by atoms with Crippen LogP contribution in [0.3, 0.4) is 0 Å². The van der Waals surface area contributed by atoms with Gasteiger partial charge in [0.2, 0.25) is 0 Å². The normalized spacial score (nSPS) is 20.0. The van der Waals surface area contributed by atoms with Crippen molar-refractivity contribution >= 4 is 13.1 Å². The van der Waals surface area contributed by atoms with Gasteiger partial charge < -0.3 is 14.0 Å². The van der Waals surface area contributed by atoms with E-state index in [2.05, 4.69) is 19.1 Å². The maximum absolute atomic E-state index is 12.1. The minimum absolute atomic E-state index is 0.184. The Balaban J connectivity index is 2.31. The lowest BCUT2D eigenvalue weighted by Gasteiger charge is -2.32. The number of rotatable bonds is 6. The number of hydrogen-bond acceptors (Lipinski definition) is 4. The highest BCUT2D eigenvalue weighted by molar-refractivity contribution is 6.48. The van der Waals surface area contributed by atoms with E-state index in [9.17, 15) is 4.79 Å². The van der Waals surface area contributed by atoms with Gasteiger partial charge in [0.15, 0.2) is 0 Å². The molecule has 0 bridgehead atoms. The Kier molecular flexibility index (Phi) is 5.76. The van der Waals surface area contributed by atoms with Crippen LogP contribution in [0, 0.1) is 0 Å². The van der Waals surface area contributed by atoms with Gasteiger partial charge in [-0.3, -0.25) is 4.79 Å². The van der Waals surface area contributed by atoms with Crippen LogP contribution in [0.15, 0.2) is 24.3 Å².